The van der Waals surface area contributed by atoms with E-state index in [0.717, 1.165) is 37.5 Å². The SMILES string of the molecule is CCNc1cncc(N(C)CCCOC)c1. The quantitative estimate of drug-likeness (QED) is 0.717. The minimum Gasteiger partial charge on any atom is -0.385 e. The number of ether oxygens (including phenoxy) is 1. The number of rotatable bonds is 7. The third-order valence-electron chi connectivity index (χ3n) is 2.39. The summed E-state index contributed by atoms with van der Waals surface area (Å²) in [7, 11) is 3.80. The predicted molar refractivity (Wildman–Crippen MR) is 68.2 cm³/mol. The first kappa shape index (κ1) is 12.8. The van der Waals surface area contributed by atoms with Gasteiger partial charge in [0, 0.05) is 33.9 Å². The molecule has 4 nitrogen and oxygen atoms in total. The summed E-state index contributed by atoms with van der Waals surface area (Å²) < 4.78 is 5.04. The molecule has 0 aromatic carbocycles. The maximum absolute atomic E-state index is 5.04. The van der Waals surface area contributed by atoms with Crippen LogP contribution in [-0.4, -0.2) is 38.8 Å². The topological polar surface area (TPSA) is 37.4 Å². The molecular weight excluding hydrogens is 202 g/mol. The molecule has 0 aliphatic rings. The van der Waals surface area contributed by atoms with E-state index in [4.69, 9.17) is 4.74 Å². The first-order valence-electron chi connectivity index (χ1n) is 5.67. The number of hydrogen-bond donors (Lipinski definition) is 1. The minimum atomic E-state index is 0.796. The van der Waals surface area contributed by atoms with E-state index in [0.29, 0.717) is 0 Å². The van der Waals surface area contributed by atoms with Gasteiger partial charge in [-0.05, 0) is 19.4 Å². The summed E-state index contributed by atoms with van der Waals surface area (Å²) in [5.41, 5.74) is 2.20. The summed E-state index contributed by atoms with van der Waals surface area (Å²) in [6, 6.07) is 2.11. The van der Waals surface area contributed by atoms with Crippen LogP contribution in [0.25, 0.3) is 0 Å². The molecule has 4 heteroatoms. The number of anilines is 2. The van der Waals surface area contributed by atoms with Crippen molar-refractivity contribution in [2.75, 3.05) is 44.1 Å². The number of methoxy groups -OCH3 is 1. The van der Waals surface area contributed by atoms with Crippen LogP contribution in [0.4, 0.5) is 11.4 Å². The van der Waals surface area contributed by atoms with Crippen molar-refractivity contribution in [1.29, 1.82) is 0 Å². The van der Waals surface area contributed by atoms with E-state index in [9.17, 15) is 0 Å². The molecule has 1 N–H and O–H groups in total. The Balaban J connectivity index is 2.53. The van der Waals surface area contributed by atoms with Gasteiger partial charge >= 0.3 is 0 Å². The highest BCUT2D eigenvalue weighted by molar-refractivity contribution is 5.55. The molecule has 16 heavy (non-hydrogen) atoms. The van der Waals surface area contributed by atoms with Gasteiger partial charge in [-0.1, -0.05) is 0 Å². The Morgan fingerprint density at radius 3 is 2.94 bits per heavy atom. The van der Waals surface area contributed by atoms with Gasteiger partial charge < -0.3 is 15.0 Å². The number of nitrogens with zero attached hydrogens (tertiary/aromatic N) is 2. The van der Waals surface area contributed by atoms with E-state index >= 15 is 0 Å². The predicted octanol–water partition coefficient (Wildman–Crippen LogP) is 1.99. The van der Waals surface area contributed by atoms with Crippen LogP contribution in [-0.2, 0) is 4.74 Å². The first-order valence-corrected chi connectivity index (χ1v) is 5.67. The summed E-state index contributed by atoms with van der Waals surface area (Å²) in [5, 5.41) is 3.26. The standard InChI is InChI=1S/C12H21N3O/c1-4-14-11-8-12(10-13-9-11)15(2)6-5-7-16-3/h8-10,14H,4-7H2,1-3H3. The fourth-order valence-electron chi connectivity index (χ4n) is 1.51. The highest BCUT2D eigenvalue weighted by atomic mass is 16.5. The minimum absolute atomic E-state index is 0.796. The highest BCUT2D eigenvalue weighted by Gasteiger charge is 2.01. The van der Waals surface area contributed by atoms with Gasteiger partial charge in [0.2, 0.25) is 0 Å². The van der Waals surface area contributed by atoms with Crippen molar-refractivity contribution >= 4 is 11.4 Å². The molecule has 90 valence electrons. The molecule has 1 aromatic rings. The Morgan fingerprint density at radius 2 is 2.25 bits per heavy atom. The summed E-state index contributed by atoms with van der Waals surface area (Å²) in [6.07, 6.45) is 4.75. The van der Waals surface area contributed by atoms with E-state index < -0.39 is 0 Å². The lowest BCUT2D eigenvalue weighted by atomic mass is 10.3. The summed E-state index contributed by atoms with van der Waals surface area (Å²) >= 11 is 0. The Hall–Kier alpha value is -1.29. The van der Waals surface area contributed by atoms with Crippen molar-refractivity contribution in [3.05, 3.63) is 18.5 Å². The van der Waals surface area contributed by atoms with Crippen LogP contribution in [0.15, 0.2) is 18.5 Å². The van der Waals surface area contributed by atoms with Crippen LogP contribution < -0.4 is 10.2 Å². The van der Waals surface area contributed by atoms with E-state index in [1.54, 1.807) is 7.11 Å². The van der Waals surface area contributed by atoms with Gasteiger partial charge in [-0.15, -0.1) is 0 Å². The largest absolute Gasteiger partial charge is 0.385 e. The second-order valence-corrected chi connectivity index (χ2v) is 3.73. The highest BCUT2D eigenvalue weighted by Crippen LogP contribution is 2.16. The van der Waals surface area contributed by atoms with Gasteiger partial charge in [0.15, 0.2) is 0 Å². The molecule has 0 saturated heterocycles. The maximum Gasteiger partial charge on any atom is 0.0570 e. The second-order valence-electron chi connectivity index (χ2n) is 3.73. The average Bonchev–Trinajstić information content (AvgIpc) is 2.30. The van der Waals surface area contributed by atoms with Crippen molar-refractivity contribution in [2.45, 2.75) is 13.3 Å². The van der Waals surface area contributed by atoms with Crippen molar-refractivity contribution in [2.24, 2.45) is 0 Å². The Kier molecular flexibility index (Phi) is 5.64. The molecule has 0 atom stereocenters. The van der Waals surface area contributed by atoms with E-state index in [1.807, 2.05) is 12.4 Å². The molecule has 0 amide bonds. The number of pyridine rings is 1. The van der Waals surface area contributed by atoms with E-state index in [2.05, 4.69) is 35.2 Å². The van der Waals surface area contributed by atoms with Crippen LogP contribution in [0, 0.1) is 0 Å². The number of hydrogen-bond acceptors (Lipinski definition) is 4. The zero-order valence-electron chi connectivity index (χ0n) is 10.4. The molecule has 0 aliphatic heterocycles. The number of nitrogens with one attached hydrogen (secondary N) is 1. The molecule has 0 bridgehead atoms. The van der Waals surface area contributed by atoms with Gasteiger partial charge in [0.25, 0.3) is 0 Å². The number of aromatic nitrogens is 1. The molecule has 0 spiro atoms. The molecule has 0 radical (unpaired) electrons. The monoisotopic (exact) mass is 223 g/mol. The van der Waals surface area contributed by atoms with Gasteiger partial charge in [-0.25, -0.2) is 0 Å². The molecule has 1 aromatic heterocycles. The fraction of sp³-hybridized carbons (Fsp3) is 0.583. The zero-order valence-corrected chi connectivity index (χ0v) is 10.4. The fourth-order valence-corrected chi connectivity index (χ4v) is 1.51. The van der Waals surface area contributed by atoms with E-state index in [-0.39, 0.29) is 0 Å². The second kappa shape index (κ2) is 7.06. The van der Waals surface area contributed by atoms with Gasteiger partial charge in [-0.2, -0.15) is 0 Å². The molecule has 0 unspecified atom stereocenters. The summed E-state index contributed by atoms with van der Waals surface area (Å²) in [4.78, 5) is 6.40. The first-order chi connectivity index (χ1) is 7.77. The zero-order chi connectivity index (χ0) is 11.8. The van der Waals surface area contributed by atoms with Gasteiger partial charge in [0.1, 0.15) is 0 Å². The Bertz CT molecular complexity index is 304. The molecular formula is C12H21N3O. The Labute approximate surface area is 97.6 Å². The summed E-state index contributed by atoms with van der Waals surface area (Å²) in [6.45, 7) is 4.77. The van der Waals surface area contributed by atoms with Gasteiger partial charge in [-0.3, -0.25) is 4.98 Å². The van der Waals surface area contributed by atoms with Crippen LogP contribution >= 0.6 is 0 Å². The van der Waals surface area contributed by atoms with Crippen LogP contribution in [0.2, 0.25) is 0 Å². The summed E-state index contributed by atoms with van der Waals surface area (Å²) in [5.74, 6) is 0. The van der Waals surface area contributed by atoms with E-state index in [1.165, 1.54) is 0 Å². The molecule has 1 rings (SSSR count). The van der Waals surface area contributed by atoms with Crippen molar-refractivity contribution in [3.63, 3.8) is 0 Å². The maximum atomic E-state index is 5.04. The van der Waals surface area contributed by atoms with Crippen LogP contribution in [0.1, 0.15) is 13.3 Å². The lowest BCUT2D eigenvalue weighted by molar-refractivity contribution is 0.196. The van der Waals surface area contributed by atoms with Gasteiger partial charge in [0.05, 0.1) is 23.8 Å². The third kappa shape index (κ3) is 4.06. The molecule has 0 aliphatic carbocycles. The van der Waals surface area contributed by atoms with Crippen molar-refractivity contribution in [1.82, 2.24) is 4.98 Å². The smallest absolute Gasteiger partial charge is 0.0570 e. The third-order valence-corrected chi connectivity index (χ3v) is 2.39. The Morgan fingerprint density at radius 1 is 1.44 bits per heavy atom. The van der Waals surface area contributed by atoms with Crippen molar-refractivity contribution in [3.8, 4) is 0 Å². The van der Waals surface area contributed by atoms with Crippen LogP contribution in [0.5, 0.6) is 0 Å². The molecule has 0 fully saturated rings. The normalized spacial score (nSPS) is 10.2. The lowest BCUT2D eigenvalue weighted by Gasteiger charge is -2.19. The average molecular weight is 223 g/mol. The van der Waals surface area contributed by atoms with Crippen molar-refractivity contribution < 1.29 is 4.74 Å². The lowest BCUT2D eigenvalue weighted by Crippen LogP contribution is -2.20. The molecule has 0 saturated carbocycles. The molecule has 1 heterocycles. The van der Waals surface area contributed by atoms with Crippen LogP contribution in [0.3, 0.4) is 0 Å².